The monoisotopic (exact) mass is 206 g/mol. The van der Waals surface area contributed by atoms with Crippen molar-refractivity contribution in [2.24, 2.45) is 0 Å². The molecular weight excluding hydrogens is 192 g/mol. The van der Waals surface area contributed by atoms with Crippen LogP contribution in [0.3, 0.4) is 0 Å². The van der Waals surface area contributed by atoms with Crippen LogP contribution in [0, 0.1) is 0 Å². The van der Waals surface area contributed by atoms with Crippen molar-refractivity contribution >= 4 is 12.0 Å². The highest BCUT2D eigenvalue weighted by Gasteiger charge is 2.10. The molecule has 0 saturated carbocycles. The third kappa shape index (κ3) is 4.42. The van der Waals surface area contributed by atoms with Gasteiger partial charge in [-0.2, -0.15) is 0 Å². The maximum absolute atomic E-state index is 10.3. The first-order valence-electron chi connectivity index (χ1n) is 4.82. The van der Waals surface area contributed by atoms with Crippen LogP contribution in [0.5, 0.6) is 0 Å². The zero-order valence-electron chi connectivity index (χ0n) is 8.34. The van der Waals surface area contributed by atoms with Crippen molar-refractivity contribution in [1.29, 1.82) is 0 Å². The summed E-state index contributed by atoms with van der Waals surface area (Å²) in [6, 6.07) is 9.73. The number of benzene rings is 1. The van der Waals surface area contributed by atoms with Crippen molar-refractivity contribution in [1.82, 2.24) is 0 Å². The molecule has 80 valence electrons. The van der Waals surface area contributed by atoms with Crippen LogP contribution in [0.25, 0.3) is 6.08 Å². The van der Waals surface area contributed by atoms with E-state index in [9.17, 15) is 4.79 Å². The second-order valence-electron chi connectivity index (χ2n) is 3.24. The lowest BCUT2D eigenvalue weighted by molar-refractivity contribution is -0.146. The molecule has 0 amide bonds. The molecule has 0 aliphatic heterocycles. The predicted molar refractivity (Wildman–Crippen MR) is 58.4 cm³/mol. The van der Waals surface area contributed by atoms with E-state index in [2.05, 4.69) is 0 Å². The van der Waals surface area contributed by atoms with Crippen LogP contribution in [-0.4, -0.2) is 22.3 Å². The minimum atomic E-state index is -1.26. The summed E-state index contributed by atoms with van der Waals surface area (Å²) in [6.07, 6.45) is 3.32. The van der Waals surface area contributed by atoms with Gasteiger partial charge in [0.05, 0.1) is 0 Å². The van der Waals surface area contributed by atoms with Gasteiger partial charge in [-0.15, -0.1) is 0 Å². The Morgan fingerprint density at radius 2 is 2.00 bits per heavy atom. The lowest BCUT2D eigenvalue weighted by Gasteiger charge is -2.01. The van der Waals surface area contributed by atoms with Crippen LogP contribution in [0.15, 0.2) is 36.4 Å². The fraction of sp³-hybridized carbons (Fsp3) is 0.250. The van der Waals surface area contributed by atoms with Gasteiger partial charge in [0, 0.05) is 0 Å². The molecule has 1 unspecified atom stereocenters. The number of carboxylic acid groups (broad SMARTS) is 1. The van der Waals surface area contributed by atoms with Crippen molar-refractivity contribution in [2.45, 2.75) is 18.9 Å². The van der Waals surface area contributed by atoms with Crippen LogP contribution >= 0.6 is 0 Å². The van der Waals surface area contributed by atoms with Gasteiger partial charge < -0.3 is 10.2 Å². The molecule has 2 N–H and O–H groups in total. The highest BCUT2D eigenvalue weighted by atomic mass is 16.4. The zero-order chi connectivity index (χ0) is 11.1. The maximum Gasteiger partial charge on any atom is 0.332 e. The average molecular weight is 206 g/mol. The lowest BCUT2D eigenvalue weighted by atomic mass is 10.1. The predicted octanol–water partition coefficient (Wildman–Crippen LogP) is 1.93. The Hall–Kier alpha value is -1.61. The van der Waals surface area contributed by atoms with Crippen LogP contribution in [0.4, 0.5) is 0 Å². The normalized spacial score (nSPS) is 12.9. The maximum atomic E-state index is 10.3. The molecule has 0 aliphatic carbocycles. The van der Waals surface area contributed by atoms with Gasteiger partial charge in [-0.05, 0) is 18.4 Å². The van der Waals surface area contributed by atoms with E-state index in [-0.39, 0.29) is 6.42 Å². The largest absolute Gasteiger partial charge is 0.479 e. The molecule has 0 radical (unpaired) electrons. The van der Waals surface area contributed by atoms with Gasteiger partial charge >= 0.3 is 5.97 Å². The van der Waals surface area contributed by atoms with E-state index in [1.807, 2.05) is 42.5 Å². The lowest BCUT2D eigenvalue weighted by Crippen LogP contribution is -2.18. The van der Waals surface area contributed by atoms with Gasteiger partial charge in [0.2, 0.25) is 0 Å². The van der Waals surface area contributed by atoms with Crippen molar-refractivity contribution in [3.8, 4) is 0 Å². The molecule has 1 rings (SSSR count). The summed E-state index contributed by atoms with van der Waals surface area (Å²) in [4.78, 5) is 10.3. The van der Waals surface area contributed by atoms with Crippen LogP contribution in [0.2, 0.25) is 0 Å². The van der Waals surface area contributed by atoms with Crippen molar-refractivity contribution < 1.29 is 15.0 Å². The molecule has 0 saturated heterocycles. The summed E-state index contributed by atoms with van der Waals surface area (Å²) < 4.78 is 0. The summed E-state index contributed by atoms with van der Waals surface area (Å²) >= 11 is 0. The standard InChI is InChI=1S/C12H14O3/c13-11(12(14)15)9-5-4-8-10-6-2-1-3-7-10/h1-4,6-8,11,13H,5,9H2,(H,14,15). The topological polar surface area (TPSA) is 57.5 Å². The molecule has 15 heavy (non-hydrogen) atoms. The summed E-state index contributed by atoms with van der Waals surface area (Å²) in [5, 5.41) is 17.4. The highest BCUT2D eigenvalue weighted by molar-refractivity contribution is 5.71. The molecule has 0 aromatic heterocycles. The minimum Gasteiger partial charge on any atom is -0.479 e. The van der Waals surface area contributed by atoms with E-state index < -0.39 is 12.1 Å². The summed E-state index contributed by atoms with van der Waals surface area (Å²) in [6.45, 7) is 0. The van der Waals surface area contributed by atoms with Gasteiger partial charge in [-0.1, -0.05) is 42.5 Å². The molecule has 0 heterocycles. The fourth-order valence-electron chi connectivity index (χ4n) is 1.16. The quantitative estimate of drug-likeness (QED) is 0.773. The Bertz CT molecular complexity index is 330. The first-order valence-corrected chi connectivity index (χ1v) is 4.82. The number of allylic oxidation sites excluding steroid dienone is 1. The average Bonchev–Trinajstić information content (AvgIpc) is 2.25. The second kappa shape index (κ2) is 5.98. The molecule has 0 aliphatic rings. The van der Waals surface area contributed by atoms with E-state index in [4.69, 9.17) is 10.2 Å². The molecule has 0 spiro atoms. The van der Waals surface area contributed by atoms with E-state index in [0.29, 0.717) is 6.42 Å². The number of carboxylic acids is 1. The van der Waals surface area contributed by atoms with Gasteiger partial charge in [0.25, 0.3) is 0 Å². The van der Waals surface area contributed by atoms with Crippen molar-refractivity contribution in [2.75, 3.05) is 0 Å². The Kier molecular flexibility index (Phi) is 4.57. The Balaban J connectivity index is 2.32. The number of aliphatic hydroxyl groups is 1. The number of carbonyl (C=O) groups is 1. The summed E-state index contributed by atoms with van der Waals surface area (Å²) in [5.74, 6) is -1.16. The van der Waals surface area contributed by atoms with Crippen molar-refractivity contribution in [3.05, 3.63) is 42.0 Å². The molecule has 3 nitrogen and oxygen atoms in total. The summed E-state index contributed by atoms with van der Waals surface area (Å²) in [5.41, 5.74) is 1.07. The van der Waals surface area contributed by atoms with Gasteiger partial charge in [-0.25, -0.2) is 4.79 Å². The van der Waals surface area contributed by atoms with Gasteiger partial charge in [-0.3, -0.25) is 0 Å². The SMILES string of the molecule is O=C(O)C(O)CCC=Cc1ccccc1. The number of hydrogen-bond donors (Lipinski definition) is 2. The number of aliphatic hydroxyl groups excluding tert-OH is 1. The molecule has 0 bridgehead atoms. The molecular formula is C12H14O3. The van der Waals surface area contributed by atoms with E-state index in [1.165, 1.54) is 0 Å². The minimum absolute atomic E-state index is 0.249. The van der Waals surface area contributed by atoms with Gasteiger partial charge in [0.1, 0.15) is 0 Å². The summed E-state index contributed by atoms with van der Waals surface area (Å²) in [7, 11) is 0. The number of aliphatic carboxylic acids is 1. The first-order chi connectivity index (χ1) is 7.20. The zero-order valence-corrected chi connectivity index (χ0v) is 8.34. The molecule has 1 atom stereocenters. The van der Waals surface area contributed by atoms with E-state index >= 15 is 0 Å². The van der Waals surface area contributed by atoms with Crippen molar-refractivity contribution in [3.63, 3.8) is 0 Å². The van der Waals surface area contributed by atoms with Crippen LogP contribution in [0.1, 0.15) is 18.4 Å². The van der Waals surface area contributed by atoms with E-state index in [0.717, 1.165) is 5.56 Å². The Morgan fingerprint density at radius 3 is 2.60 bits per heavy atom. The number of hydrogen-bond acceptors (Lipinski definition) is 2. The third-order valence-corrected chi connectivity index (χ3v) is 2.00. The highest BCUT2D eigenvalue weighted by Crippen LogP contribution is 2.04. The first kappa shape index (κ1) is 11.5. The Morgan fingerprint density at radius 1 is 1.33 bits per heavy atom. The third-order valence-electron chi connectivity index (χ3n) is 2.00. The smallest absolute Gasteiger partial charge is 0.332 e. The number of rotatable bonds is 5. The second-order valence-corrected chi connectivity index (χ2v) is 3.24. The van der Waals surface area contributed by atoms with Crippen LogP contribution in [-0.2, 0) is 4.79 Å². The van der Waals surface area contributed by atoms with E-state index in [1.54, 1.807) is 0 Å². The molecule has 1 aromatic carbocycles. The fourth-order valence-corrected chi connectivity index (χ4v) is 1.16. The Labute approximate surface area is 88.7 Å². The molecule has 0 fully saturated rings. The molecule has 3 heteroatoms. The van der Waals surface area contributed by atoms with Crippen LogP contribution < -0.4 is 0 Å². The molecule has 1 aromatic rings. The van der Waals surface area contributed by atoms with Gasteiger partial charge in [0.15, 0.2) is 6.10 Å².